The maximum atomic E-state index is 14.0. The van der Waals surface area contributed by atoms with E-state index in [-0.39, 0.29) is 16.8 Å². The Balaban J connectivity index is 2.38. The summed E-state index contributed by atoms with van der Waals surface area (Å²) in [5, 5.41) is 3.54. The molecule has 2 heteroatoms. The van der Waals surface area contributed by atoms with Crippen molar-refractivity contribution in [1.29, 1.82) is 0 Å². The van der Waals surface area contributed by atoms with E-state index in [0.717, 1.165) is 31.4 Å². The van der Waals surface area contributed by atoms with Crippen LogP contribution < -0.4 is 5.32 Å². The molecule has 1 saturated heterocycles. The molecule has 0 aromatic heterocycles. The van der Waals surface area contributed by atoms with Gasteiger partial charge in [-0.1, -0.05) is 39.0 Å². The van der Waals surface area contributed by atoms with Gasteiger partial charge in [0.15, 0.2) is 0 Å². The smallest absolute Gasteiger partial charge is 0.128 e. The molecule has 0 amide bonds. The van der Waals surface area contributed by atoms with Gasteiger partial charge in [-0.05, 0) is 37.3 Å². The molecule has 0 saturated carbocycles. The molecule has 94 valence electrons. The van der Waals surface area contributed by atoms with Crippen LogP contribution in [0.3, 0.4) is 0 Å². The predicted molar refractivity (Wildman–Crippen MR) is 69.4 cm³/mol. The van der Waals surface area contributed by atoms with Crippen molar-refractivity contribution in [2.45, 2.75) is 45.6 Å². The van der Waals surface area contributed by atoms with Gasteiger partial charge in [-0.2, -0.15) is 0 Å². The first-order valence-electron chi connectivity index (χ1n) is 6.43. The Hall–Kier alpha value is -0.890. The lowest BCUT2D eigenvalue weighted by Gasteiger charge is -2.36. The monoisotopic (exact) mass is 235 g/mol. The van der Waals surface area contributed by atoms with E-state index < -0.39 is 0 Å². The van der Waals surface area contributed by atoms with Crippen LogP contribution in [0.5, 0.6) is 0 Å². The van der Waals surface area contributed by atoms with Crippen LogP contribution in [0, 0.1) is 11.2 Å². The Morgan fingerprint density at radius 1 is 1.29 bits per heavy atom. The van der Waals surface area contributed by atoms with Crippen LogP contribution in [0.15, 0.2) is 24.3 Å². The van der Waals surface area contributed by atoms with Crippen molar-refractivity contribution >= 4 is 0 Å². The molecule has 1 N–H and O–H groups in total. The average molecular weight is 235 g/mol. The molecule has 0 aliphatic carbocycles. The molecule has 1 heterocycles. The number of hydrogen-bond acceptors (Lipinski definition) is 1. The first-order valence-corrected chi connectivity index (χ1v) is 6.43. The molecule has 1 aromatic rings. The van der Waals surface area contributed by atoms with Crippen LogP contribution in [0.2, 0.25) is 0 Å². The highest BCUT2D eigenvalue weighted by Crippen LogP contribution is 2.41. The Labute approximate surface area is 103 Å². The lowest BCUT2D eigenvalue weighted by atomic mass is 9.75. The second-order valence-corrected chi connectivity index (χ2v) is 6.33. The molecule has 1 aliphatic heterocycles. The second-order valence-electron chi connectivity index (χ2n) is 6.33. The summed E-state index contributed by atoms with van der Waals surface area (Å²) < 4.78 is 14.0. The number of nitrogens with one attached hydrogen (secondary N) is 1. The minimum atomic E-state index is -0.163. The fourth-order valence-electron chi connectivity index (χ4n) is 3.04. The summed E-state index contributed by atoms with van der Waals surface area (Å²) in [6, 6.07) is 7.19. The normalized spacial score (nSPS) is 25.2. The van der Waals surface area contributed by atoms with Gasteiger partial charge in [0.1, 0.15) is 5.82 Å². The number of rotatable bonds is 2. The van der Waals surface area contributed by atoms with Crippen LogP contribution in [0.25, 0.3) is 0 Å². The predicted octanol–water partition coefficient (Wildman–Crippen LogP) is 3.84. The van der Waals surface area contributed by atoms with Gasteiger partial charge in [0.25, 0.3) is 0 Å². The van der Waals surface area contributed by atoms with Gasteiger partial charge >= 0.3 is 0 Å². The lowest BCUT2D eigenvalue weighted by Crippen LogP contribution is -2.41. The molecular weight excluding hydrogens is 213 g/mol. The third-order valence-corrected chi connectivity index (χ3v) is 3.47. The van der Waals surface area contributed by atoms with E-state index in [1.54, 1.807) is 12.1 Å². The Kier molecular flexibility index (Phi) is 3.26. The molecule has 1 aromatic carbocycles. The van der Waals surface area contributed by atoms with Crippen molar-refractivity contribution in [3.05, 3.63) is 35.6 Å². The fourth-order valence-corrected chi connectivity index (χ4v) is 3.04. The minimum Gasteiger partial charge on any atom is -0.307 e. The van der Waals surface area contributed by atoms with Crippen molar-refractivity contribution in [2.75, 3.05) is 6.54 Å². The van der Waals surface area contributed by atoms with Crippen LogP contribution in [0.1, 0.15) is 45.6 Å². The van der Waals surface area contributed by atoms with Gasteiger partial charge < -0.3 is 5.32 Å². The zero-order valence-corrected chi connectivity index (χ0v) is 11.0. The topological polar surface area (TPSA) is 12.0 Å². The van der Waals surface area contributed by atoms with Crippen molar-refractivity contribution in [2.24, 2.45) is 5.41 Å². The first-order chi connectivity index (χ1) is 7.93. The third kappa shape index (κ3) is 2.68. The average Bonchev–Trinajstić information content (AvgIpc) is 2.65. The van der Waals surface area contributed by atoms with Gasteiger partial charge in [0, 0.05) is 11.1 Å². The van der Waals surface area contributed by atoms with Crippen molar-refractivity contribution in [3.63, 3.8) is 0 Å². The highest BCUT2D eigenvalue weighted by molar-refractivity contribution is 5.28. The molecule has 1 atom stereocenters. The molecule has 1 nitrogen and oxygen atoms in total. The Morgan fingerprint density at radius 2 is 2.00 bits per heavy atom. The van der Waals surface area contributed by atoms with Crippen LogP contribution in [-0.2, 0) is 5.54 Å². The Morgan fingerprint density at radius 3 is 2.53 bits per heavy atom. The van der Waals surface area contributed by atoms with Gasteiger partial charge in [-0.15, -0.1) is 0 Å². The highest BCUT2D eigenvalue weighted by atomic mass is 19.1. The summed E-state index contributed by atoms with van der Waals surface area (Å²) in [6.45, 7) is 7.64. The SMILES string of the molecule is CC(C)(C)CC1(c2ccccc2F)CCCN1. The van der Waals surface area contributed by atoms with E-state index in [1.165, 1.54) is 0 Å². The quantitative estimate of drug-likeness (QED) is 0.821. The molecular formula is C15H22FN. The second kappa shape index (κ2) is 4.41. The zero-order chi connectivity index (χ0) is 12.5. The van der Waals surface area contributed by atoms with Crippen LogP contribution >= 0.6 is 0 Å². The van der Waals surface area contributed by atoms with E-state index in [4.69, 9.17) is 0 Å². The van der Waals surface area contributed by atoms with Crippen molar-refractivity contribution in [1.82, 2.24) is 5.32 Å². The number of hydrogen-bond donors (Lipinski definition) is 1. The van der Waals surface area contributed by atoms with Crippen LogP contribution in [0.4, 0.5) is 4.39 Å². The summed E-state index contributed by atoms with van der Waals surface area (Å²) in [6.07, 6.45) is 3.14. The largest absolute Gasteiger partial charge is 0.307 e. The standard InChI is InChI=1S/C15H22FN/c1-14(2,3)11-15(9-6-10-17-15)12-7-4-5-8-13(12)16/h4-5,7-8,17H,6,9-11H2,1-3H3. The minimum absolute atomic E-state index is 0.0776. The zero-order valence-electron chi connectivity index (χ0n) is 11.0. The molecule has 17 heavy (non-hydrogen) atoms. The summed E-state index contributed by atoms with van der Waals surface area (Å²) in [5.41, 5.74) is 0.871. The molecule has 1 unspecified atom stereocenters. The summed E-state index contributed by atoms with van der Waals surface area (Å²) in [7, 11) is 0. The van der Waals surface area contributed by atoms with E-state index in [1.807, 2.05) is 12.1 Å². The maximum Gasteiger partial charge on any atom is 0.128 e. The molecule has 1 fully saturated rings. The lowest BCUT2D eigenvalue weighted by molar-refractivity contribution is 0.227. The molecule has 0 radical (unpaired) electrons. The molecule has 0 spiro atoms. The molecule has 1 aliphatic rings. The van der Waals surface area contributed by atoms with E-state index >= 15 is 0 Å². The third-order valence-electron chi connectivity index (χ3n) is 3.47. The van der Waals surface area contributed by atoms with E-state index in [2.05, 4.69) is 26.1 Å². The summed E-state index contributed by atoms with van der Waals surface area (Å²) in [5.74, 6) is -0.0776. The summed E-state index contributed by atoms with van der Waals surface area (Å²) in [4.78, 5) is 0. The van der Waals surface area contributed by atoms with Gasteiger partial charge in [0.2, 0.25) is 0 Å². The van der Waals surface area contributed by atoms with Gasteiger partial charge in [-0.25, -0.2) is 4.39 Å². The van der Waals surface area contributed by atoms with E-state index in [9.17, 15) is 4.39 Å². The van der Waals surface area contributed by atoms with Gasteiger partial charge in [0.05, 0.1) is 0 Å². The highest BCUT2D eigenvalue weighted by Gasteiger charge is 2.40. The molecule has 2 rings (SSSR count). The number of benzene rings is 1. The Bertz CT molecular complexity index is 386. The number of halogens is 1. The first kappa shape index (κ1) is 12.6. The maximum absolute atomic E-state index is 14.0. The van der Waals surface area contributed by atoms with Crippen molar-refractivity contribution in [3.8, 4) is 0 Å². The molecule has 0 bridgehead atoms. The van der Waals surface area contributed by atoms with Crippen molar-refractivity contribution < 1.29 is 4.39 Å². The van der Waals surface area contributed by atoms with E-state index in [0.29, 0.717) is 0 Å². The van der Waals surface area contributed by atoms with Gasteiger partial charge in [-0.3, -0.25) is 0 Å². The summed E-state index contributed by atoms with van der Waals surface area (Å²) >= 11 is 0. The van der Waals surface area contributed by atoms with Crippen LogP contribution in [-0.4, -0.2) is 6.54 Å². The fraction of sp³-hybridized carbons (Fsp3) is 0.600.